The van der Waals surface area contributed by atoms with E-state index in [0.29, 0.717) is 16.8 Å². The molecule has 0 aliphatic heterocycles. The summed E-state index contributed by atoms with van der Waals surface area (Å²) < 4.78 is 0. The van der Waals surface area contributed by atoms with Gasteiger partial charge in [-0.1, -0.05) is 32.6 Å². The van der Waals surface area contributed by atoms with E-state index in [-0.39, 0.29) is 24.3 Å². The van der Waals surface area contributed by atoms with Crippen LogP contribution in [0.25, 0.3) is 0 Å². The van der Waals surface area contributed by atoms with Crippen molar-refractivity contribution < 1.29 is 19.6 Å². The largest absolute Gasteiger partial charge is 0.339 e. The second-order valence-electron chi connectivity index (χ2n) is 7.66. The summed E-state index contributed by atoms with van der Waals surface area (Å²) in [6.07, 6.45) is 0. The Balaban J connectivity index is 2.00. The highest BCUT2D eigenvalue weighted by Gasteiger charge is 2.19. The van der Waals surface area contributed by atoms with E-state index in [1.807, 2.05) is 32.9 Å². The molecule has 0 saturated carbocycles. The molecular weight excluding hydrogens is 408 g/mol. The number of hydrogen-bond donors (Lipinski definition) is 5. The minimum Gasteiger partial charge on any atom is -0.339 e. The summed E-state index contributed by atoms with van der Waals surface area (Å²) in [6.45, 7) is 5.76. The van der Waals surface area contributed by atoms with E-state index < -0.39 is 17.9 Å². The van der Waals surface area contributed by atoms with Crippen molar-refractivity contribution in [3.63, 3.8) is 0 Å². The smallest absolute Gasteiger partial charge is 0.267 e. The van der Waals surface area contributed by atoms with Gasteiger partial charge >= 0.3 is 0 Å². The van der Waals surface area contributed by atoms with E-state index in [1.54, 1.807) is 36.4 Å². The van der Waals surface area contributed by atoms with Crippen molar-refractivity contribution in [2.75, 3.05) is 11.9 Å². The van der Waals surface area contributed by atoms with Crippen molar-refractivity contribution in [1.82, 2.24) is 10.8 Å². The van der Waals surface area contributed by atoms with Gasteiger partial charge in [0, 0.05) is 34.8 Å². The summed E-state index contributed by atoms with van der Waals surface area (Å²) in [5.41, 5.74) is 9.42. The maximum atomic E-state index is 12.2. The van der Waals surface area contributed by atoms with Gasteiger partial charge < -0.3 is 16.4 Å². The predicted octanol–water partition coefficient (Wildman–Crippen LogP) is 1.88. The molecule has 2 atom stereocenters. The van der Waals surface area contributed by atoms with Crippen LogP contribution in [-0.2, 0) is 9.59 Å². The van der Waals surface area contributed by atoms with E-state index >= 15 is 0 Å². The Hall–Kier alpha value is -3.67. The lowest BCUT2D eigenvalue weighted by molar-refractivity contribution is -0.130. The molecule has 3 amide bonds. The van der Waals surface area contributed by atoms with Gasteiger partial charge in [0.2, 0.25) is 5.91 Å². The van der Waals surface area contributed by atoms with Crippen molar-refractivity contribution in [1.29, 1.82) is 0 Å². The Kier molecular flexibility index (Phi) is 8.95. The van der Waals surface area contributed by atoms with Crippen LogP contribution < -0.4 is 21.8 Å². The van der Waals surface area contributed by atoms with Crippen LogP contribution in [0.5, 0.6) is 0 Å². The van der Waals surface area contributed by atoms with Gasteiger partial charge in [-0.3, -0.25) is 19.6 Å². The van der Waals surface area contributed by atoms with Crippen molar-refractivity contribution in [2.24, 2.45) is 17.6 Å². The van der Waals surface area contributed by atoms with Gasteiger partial charge in [-0.2, -0.15) is 0 Å². The van der Waals surface area contributed by atoms with Gasteiger partial charge in [0.1, 0.15) is 6.04 Å². The number of benzene rings is 2. The number of rotatable bonds is 7. The Bertz CT molecular complexity index is 1010. The molecule has 0 bridgehead atoms. The van der Waals surface area contributed by atoms with Gasteiger partial charge in [-0.15, -0.1) is 0 Å². The Morgan fingerprint density at radius 2 is 1.44 bits per heavy atom. The number of nitrogens with two attached hydrogens (primary N) is 1. The van der Waals surface area contributed by atoms with Gasteiger partial charge in [0.25, 0.3) is 11.8 Å². The number of amides is 3. The second kappa shape index (κ2) is 11.6. The first-order valence-corrected chi connectivity index (χ1v) is 10.2. The standard InChI is InChI=1S/C24H28N4O4/c1-15(2)16(3)22(29)26-20-12-8-18(9-13-20)5-4-17-6-10-19(11-7-17)23(30)27-21(14-25)24(31)28-32/h6-13,15-16,21,32H,14,25H2,1-3H3,(H,26,29)(H,27,30)(H,28,31)/t16-,21-/m0/s1. The molecule has 0 spiro atoms. The topological polar surface area (TPSA) is 134 Å². The average Bonchev–Trinajstić information content (AvgIpc) is 2.81. The van der Waals surface area contributed by atoms with Gasteiger partial charge in [0.05, 0.1) is 0 Å². The molecular formula is C24H28N4O4. The molecule has 8 nitrogen and oxygen atoms in total. The quantitative estimate of drug-likeness (QED) is 0.257. The first-order chi connectivity index (χ1) is 15.2. The van der Waals surface area contributed by atoms with Crippen LogP contribution in [0, 0.1) is 23.7 Å². The van der Waals surface area contributed by atoms with E-state index in [2.05, 4.69) is 22.5 Å². The number of hydroxylamine groups is 1. The minimum atomic E-state index is -1.03. The summed E-state index contributed by atoms with van der Waals surface area (Å²) in [4.78, 5) is 35.8. The molecule has 168 valence electrons. The van der Waals surface area contributed by atoms with Gasteiger partial charge in [-0.25, -0.2) is 5.48 Å². The van der Waals surface area contributed by atoms with Crippen LogP contribution in [0.4, 0.5) is 5.69 Å². The SMILES string of the molecule is CC(C)[C@H](C)C(=O)Nc1ccc(C#Cc2ccc(C(=O)N[C@@H](CN)C(=O)NO)cc2)cc1. The van der Waals surface area contributed by atoms with Crippen molar-refractivity contribution >= 4 is 23.4 Å². The van der Waals surface area contributed by atoms with E-state index in [0.717, 1.165) is 5.56 Å². The number of carbonyl (C=O) groups excluding carboxylic acids is 3. The molecule has 2 aromatic rings. The molecule has 0 aliphatic carbocycles. The molecule has 8 heteroatoms. The van der Waals surface area contributed by atoms with Crippen molar-refractivity contribution in [3.05, 3.63) is 65.2 Å². The Morgan fingerprint density at radius 1 is 0.906 bits per heavy atom. The highest BCUT2D eigenvalue weighted by Crippen LogP contribution is 2.15. The second-order valence-corrected chi connectivity index (χ2v) is 7.66. The number of nitrogens with one attached hydrogen (secondary N) is 3. The molecule has 0 aromatic heterocycles. The van der Waals surface area contributed by atoms with Crippen LogP contribution in [-0.4, -0.2) is 35.5 Å². The van der Waals surface area contributed by atoms with E-state index in [9.17, 15) is 14.4 Å². The zero-order chi connectivity index (χ0) is 23.7. The maximum absolute atomic E-state index is 12.2. The fraction of sp³-hybridized carbons (Fsp3) is 0.292. The minimum absolute atomic E-state index is 0.0160. The third-order valence-electron chi connectivity index (χ3n) is 5.03. The molecule has 0 unspecified atom stereocenters. The highest BCUT2D eigenvalue weighted by molar-refractivity contribution is 5.97. The van der Waals surface area contributed by atoms with Crippen molar-refractivity contribution in [2.45, 2.75) is 26.8 Å². The molecule has 32 heavy (non-hydrogen) atoms. The zero-order valence-corrected chi connectivity index (χ0v) is 18.3. The molecule has 2 rings (SSSR count). The van der Waals surface area contributed by atoms with Crippen LogP contribution in [0.1, 0.15) is 42.3 Å². The predicted molar refractivity (Wildman–Crippen MR) is 122 cm³/mol. The first-order valence-electron chi connectivity index (χ1n) is 10.2. The lowest BCUT2D eigenvalue weighted by Gasteiger charge is -2.15. The summed E-state index contributed by atoms with van der Waals surface area (Å²) in [5, 5.41) is 14.0. The molecule has 0 saturated heterocycles. The fourth-order valence-electron chi connectivity index (χ4n) is 2.60. The molecule has 2 aromatic carbocycles. The normalized spacial score (nSPS) is 12.2. The molecule has 0 fully saturated rings. The molecule has 6 N–H and O–H groups in total. The number of hydrogen-bond acceptors (Lipinski definition) is 5. The third kappa shape index (κ3) is 6.94. The molecule has 0 radical (unpaired) electrons. The number of anilines is 1. The van der Waals surface area contributed by atoms with E-state index in [1.165, 1.54) is 5.48 Å². The van der Waals surface area contributed by atoms with Crippen LogP contribution in [0.15, 0.2) is 48.5 Å². The van der Waals surface area contributed by atoms with Gasteiger partial charge in [-0.05, 0) is 54.4 Å². The Morgan fingerprint density at radius 3 is 1.91 bits per heavy atom. The highest BCUT2D eigenvalue weighted by atomic mass is 16.5. The lowest BCUT2D eigenvalue weighted by atomic mass is 9.97. The van der Waals surface area contributed by atoms with Crippen LogP contribution in [0.3, 0.4) is 0 Å². The summed E-state index contributed by atoms with van der Waals surface area (Å²) in [5.74, 6) is 4.94. The van der Waals surface area contributed by atoms with Gasteiger partial charge in [0.15, 0.2) is 0 Å². The monoisotopic (exact) mass is 436 g/mol. The van der Waals surface area contributed by atoms with E-state index in [4.69, 9.17) is 10.9 Å². The fourth-order valence-corrected chi connectivity index (χ4v) is 2.60. The maximum Gasteiger partial charge on any atom is 0.267 e. The molecule has 0 heterocycles. The number of carbonyl (C=O) groups is 3. The lowest BCUT2D eigenvalue weighted by Crippen LogP contribution is -2.50. The average molecular weight is 437 g/mol. The van der Waals surface area contributed by atoms with Crippen LogP contribution >= 0.6 is 0 Å². The first kappa shape index (κ1) is 24.6. The Labute approximate surface area is 187 Å². The summed E-state index contributed by atoms with van der Waals surface area (Å²) >= 11 is 0. The summed E-state index contributed by atoms with van der Waals surface area (Å²) in [6, 6.07) is 12.8. The van der Waals surface area contributed by atoms with Crippen LogP contribution in [0.2, 0.25) is 0 Å². The van der Waals surface area contributed by atoms with Crippen molar-refractivity contribution in [3.8, 4) is 11.8 Å². The zero-order valence-electron chi connectivity index (χ0n) is 18.3. The summed E-state index contributed by atoms with van der Waals surface area (Å²) in [7, 11) is 0. The molecule has 0 aliphatic rings. The third-order valence-corrected chi connectivity index (χ3v) is 5.03.